The van der Waals surface area contributed by atoms with E-state index in [1.54, 1.807) is 41.0 Å². The molecule has 4 aliphatic rings. The van der Waals surface area contributed by atoms with Crippen molar-refractivity contribution in [1.82, 2.24) is 0 Å². The number of benzene rings is 5. The number of methoxy groups -OCH3 is 1. The summed E-state index contributed by atoms with van der Waals surface area (Å²) in [5.41, 5.74) is 10.1. The monoisotopic (exact) mass is 1010 g/mol. The van der Waals surface area contributed by atoms with Gasteiger partial charge in [0.15, 0.2) is 17.3 Å². The highest BCUT2D eigenvalue weighted by Gasteiger charge is 2.41. The molecule has 0 spiro atoms. The van der Waals surface area contributed by atoms with Gasteiger partial charge in [0.2, 0.25) is 5.91 Å². The number of para-hydroxylation sites is 2. The van der Waals surface area contributed by atoms with Crippen LogP contribution in [-0.4, -0.2) is 93.1 Å². The molecular formula is C57H64N6O7S2. The highest BCUT2D eigenvalue weighted by Crippen LogP contribution is 2.44. The fraction of sp³-hybridized carbons (Fsp3) is 0.386. The van der Waals surface area contributed by atoms with Crippen molar-refractivity contribution in [1.29, 1.82) is 0 Å². The van der Waals surface area contributed by atoms with Crippen molar-refractivity contribution in [2.45, 2.75) is 96.3 Å². The molecule has 72 heavy (non-hydrogen) atoms. The molecular weight excluding hydrogens is 945 g/mol. The Labute approximate surface area is 431 Å². The van der Waals surface area contributed by atoms with E-state index in [0.717, 1.165) is 64.5 Å². The number of anilines is 5. The normalized spacial score (nSPS) is 16.9. The molecule has 0 bridgehead atoms. The predicted octanol–water partition coefficient (Wildman–Crippen LogP) is 10.5. The number of ether oxygens (including phenoxy) is 3. The number of nitrogens with one attached hydrogen (secondary N) is 1. The zero-order valence-corrected chi connectivity index (χ0v) is 43.9. The van der Waals surface area contributed by atoms with Gasteiger partial charge in [-0.1, -0.05) is 58.0 Å². The van der Waals surface area contributed by atoms with Crippen LogP contribution in [0.3, 0.4) is 0 Å². The Hall–Kier alpha value is -6.45. The van der Waals surface area contributed by atoms with Gasteiger partial charge in [-0.05, 0) is 130 Å². The van der Waals surface area contributed by atoms with E-state index in [1.165, 1.54) is 11.1 Å². The Morgan fingerprint density at radius 3 is 1.92 bits per heavy atom. The zero-order valence-electron chi connectivity index (χ0n) is 42.3. The third-order valence-electron chi connectivity index (χ3n) is 13.9. The summed E-state index contributed by atoms with van der Waals surface area (Å²) < 4.78 is 18.9. The molecule has 0 unspecified atom stereocenters. The lowest BCUT2D eigenvalue weighted by atomic mass is 10.1. The van der Waals surface area contributed by atoms with Crippen LogP contribution >= 0.6 is 21.6 Å². The Morgan fingerprint density at radius 1 is 0.750 bits per heavy atom. The molecule has 9 rings (SSSR count). The number of amides is 3. The third-order valence-corrected chi connectivity index (χ3v) is 17.3. The minimum absolute atomic E-state index is 0.00174. The maximum atomic E-state index is 14.3. The van der Waals surface area contributed by atoms with E-state index >= 15 is 0 Å². The molecule has 0 radical (unpaired) electrons. The second-order valence-electron chi connectivity index (χ2n) is 19.8. The minimum Gasteiger partial charge on any atom is -0.493 e. The van der Waals surface area contributed by atoms with Crippen LogP contribution in [0, 0.1) is 6.92 Å². The largest absolute Gasteiger partial charge is 0.493 e. The number of hydrogen-bond donors (Lipinski definition) is 1. The lowest BCUT2D eigenvalue weighted by molar-refractivity contribution is -0.118. The molecule has 1 N–H and O–H groups in total. The molecule has 4 aliphatic heterocycles. The van der Waals surface area contributed by atoms with Crippen LogP contribution in [0.25, 0.3) is 0 Å². The van der Waals surface area contributed by atoms with Crippen molar-refractivity contribution in [3.63, 3.8) is 0 Å². The molecule has 15 heteroatoms. The van der Waals surface area contributed by atoms with Gasteiger partial charge >= 0.3 is 0 Å². The van der Waals surface area contributed by atoms with Crippen molar-refractivity contribution in [2.24, 2.45) is 4.99 Å². The number of ketones is 1. The summed E-state index contributed by atoms with van der Waals surface area (Å²) in [7, 11) is 9.08. The second kappa shape index (κ2) is 21.7. The number of carbonyl (C=O) groups is 4. The first-order chi connectivity index (χ1) is 34.7. The van der Waals surface area contributed by atoms with Crippen LogP contribution in [0.1, 0.15) is 95.0 Å². The first kappa shape index (κ1) is 50.5. The fourth-order valence-corrected chi connectivity index (χ4v) is 12.9. The highest BCUT2D eigenvalue weighted by atomic mass is 33.1. The number of likely N-dealkylation sites (N-methyl/N-ethyl adjacent to an activating group) is 2. The number of Topliss-reactive ketones (excluding diaryl/α,β-unsaturated/α-hetero) is 1. The number of hydrogen-bond acceptors (Lipinski definition) is 12. The molecule has 0 fully saturated rings. The number of nitrogens with zero attached hydrogens (tertiary/aromatic N) is 5. The molecule has 4 heterocycles. The standard InChI is InChI=1S/C57H64N6O7S2/c1-8-58-31-44(64)16-13-21-71-72-57(3,4)20-19-54(65)59-41-24-37(34-69-51-29-49-45(22-36(51)2)55(66)62-42(32-60(49)5)26-39-14-9-11-17-47(39)62)23-38(25-41)35-70-53-30-50-46(28-52(53)68-7)56(67)63-43(33-61(50)6)27-40-15-10-12-18-48(40)63/h8-12,14-15,17-18,22-25,28-30,42-43H,13,16,19-21,26-27,31-35H2,1-7H3,(H,59,65)/t42-,43-/m0/s1. The molecule has 376 valence electrons. The maximum absolute atomic E-state index is 14.3. The number of rotatable bonds is 19. The highest BCUT2D eigenvalue weighted by molar-refractivity contribution is 8.77. The van der Waals surface area contributed by atoms with Crippen LogP contribution in [0.5, 0.6) is 17.2 Å². The first-order valence-corrected chi connectivity index (χ1v) is 27.1. The van der Waals surface area contributed by atoms with Crippen LogP contribution in [-0.2, 0) is 35.6 Å². The van der Waals surface area contributed by atoms with Gasteiger partial charge in [-0.2, -0.15) is 0 Å². The molecule has 0 aromatic heterocycles. The average molecular weight is 1010 g/mol. The summed E-state index contributed by atoms with van der Waals surface area (Å²) in [6.07, 6.45) is 5.52. The molecule has 3 amide bonds. The topological polar surface area (TPSA) is 133 Å². The van der Waals surface area contributed by atoms with Gasteiger partial charge in [-0.15, -0.1) is 0 Å². The summed E-state index contributed by atoms with van der Waals surface area (Å²) in [4.78, 5) is 66.4. The zero-order chi connectivity index (χ0) is 50.7. The van der Waals surface area contributed by atoms with Crippen molar-refractivity contribution in [3.05, 3.63) is 130 Å². The second-order valence-corrected chi connectivity index (χ2v) is 22.9. The van der Waals surface area contributed by atoms with E-state index < -0.39 is 0 Å². The average Bonchev–Trinajstić information content (AvgIpc) is 3.87. The van der Waals surface area contributed by atoms with Gasteiger partial charge in [-0.25, -0.2) is 0 Å². The molecule has 0 saturated carbocycles. The summed E-state index contributed by atoms with van der Waals surface area (Å²) in [6.45, 7) is 9.95. The molecule has 13 nitrogen and oxygen atoms in total. The summed E-state index contributed by atoms with van der Waals surface area (Å²) in [5, 5.41) is 3.16. The number of aliphatic imine (C=N–C) groups is 1. The molecule has 5 aromatic rings. The van der Waals surface area contributed by atoms with Crippen molar-refractivity contribution < 1.29 is 33.4 Å². The van der Waals surface area contributed by atoms with E-state index in [9.17, 15) is 19.2 Å². The molecule has 0 saturated heterocycles. The smallest absolute Gasteiger partial charge is 0.260 e. The number of carbonyl (C=O) groups excluding carboxylic acids is 4. The third kappa shape index (κ3) is 11.0. The van der Waals surface area contributed by atoms with E-state index in [1.807, 2.05) is 111 Å². The minimum atomic E-state index is -0.176. The Bertz CT molecular complexity index is 2920. The van der Waals surface area contributed by atoms with E-state index in [2.05, 4.69) is 46.1 Å². The van der Waals surface area contributed by atoms with Crippen LogP contribution in [0.4, 0.5) is 28.4 Å². The first-order valence-electron chi connectivity index (χ1n) is 24.8. The van der Waals surface area contributed by atoms with Gasteiger partial charge in [0.25, 0.3) is 11.8 Å². The van der Waals surface area contributed by atoms with Crippen molar-refractivity contribution >= 4 is 79.7 Å². The van der Waals surface area contributed by atoms with Gasteiger partial charge in [0.1, 0.15) is 19.0 Å². The molecule has 2 atom stereocenters. The Morgan fingerprint density at radius 2 is 1.32 bits per heavy atom. The van der Waals surface area contributed by atoms with Gasteiger partial charge in [0, 0.05) is 79.7 Å². The van der Waals surface area contributed by atoms with Crippen LogP contribution in [0.15, 0.2) is 96.0 Å². The SMILES string of the molecule is CC=NCC(=O)CCCSSC(C)(C)CCC(=O)Nc1cc(COc2cc3c(cc2C)C(=O)N2c4ccccc4C[C@H]2CN3C)cc(COc2cc3c(cc2OC)C(=O)N2c4ccccc4C[C@H]2CN3C)c1. The number of aryl methyl sites for hydroxylation is 1. The van der Waals surface area contributed by atoms with Crippen molar-refractivity contribution in [3.8, 4) is 17.2 Å². The van der Waals surface area contributed by atoms with Gasteiger partial charge in [-0.3, -0.25) is 24.2 Å². The Kier molecular flexibility index (Phi) is 15.2. The van der Waals surface area contributed by atoms with Crippen molar-refractivity contribution in [2.75, 3.05) is 71.5 Å². The lowest BCUT2D eigenvalue weighted by Crippen LogP contribution is -2.41. The van der Waals surface area contributed by atoms with E-state index in [4.69, 9.17) is 14.2 Å². The van der Waals surface area contributed by atoms with Crippen LogP contribution in [0.2, 0.25) is 0 Å². The Balaban J connectivity index is 0.927. The fourth-order valence-electron chi connectivity index (χ4n) is 10.3. The van der Waals surface area contributed by atoms with Gasteiger partial charge < -0.3 is 39.1 Å². The predicted molar refractivity (Wildman–Crippen MR) is 293 cm³/mol. The molecule has 0 aliphatic carbocycles. The van der Waals surface area contributed by atoms with E-state index in [0.29, 0.717) is 66.4 Å². The molecule has 5 aromatic carbocycles. The quantitative estimate of drug-likeness (QED) is 0.0481. The summed E-state index contributed by atoms with van der Waals surface area (Å²) in [6, 6.07) is 29.7. The number of fused-ring (bicyclic) bond motifs is 8. The van der Waals surface area contributed by atoms with E-state index in [-0.39, 0.29) is 60.1 Å². The summed E-state index contributed by atoms with van der Waals surface area (Å²) >= 11 is 0. The van der Waals surface area contributed by atoms with Gasteiger partial charge in [0.05, 0.1) is 48.2 Å². The maximum Gasteiger partial charge on any atom is 0.260 e. The lowest BCUT2D eigenvalue weighted by Gasteiger charge is -2.25. The van der Waals surface area contributed by atoms with Crippen LogP contribution < -0.4 is 39.1 Å². The summed E-state index contributed by atoms with van der Waals surface area (Å²) in [5.74, 6) is 2.39.